The summed E-state index contributed by atoms with van der Waals surface area (Å²) in [5, 5.41) is 22.2. The first-order valence-corrected chi connectivity index (χ1v) is 3.77. The van der Waals surface area contributed by atoms with Crippen LogP contribution in [0.25, 0.3) is 0 Å². The maximum atomic E-state index is 9.00. The molecule has 0 heterocycles. The molecule has 0 aliphatic heterocycles. The highest BCUT2D eigenvalue weighted by molar-refractivity contribution is 5.63. The Labute approximate surface area is 101 Å². The Bertz CT molecular complexity index is 153. The second kappa shape index (κ2) is 36.9. The van der Waals surface area contributed by atoms with Gasteiger partial charge in [-0.25, -0.2) is 0 Å². The Kier molecular flexibility index (Phi) is 78.7. The van der Waals surface area contributed by atoms with Crippen molar-refractivity contribution in [2.24, 2.45) is 0 Å². The molecular formula is C9H24N2O6. The summed E-state index contributed by atoms with van der Waals surface area (Å²) in [5.41, 5.74) is 0. The van der Waals surface area contributed by atoms with Gasteiger partial charge in [0.15, 0.2) is 0 Å². The Balaban J connectivity index is -0.0000000230. The first-order valence-electron chi connectivity index (χ1n) is 3.77. The number of rotatable bonds is 0. The fourth-order valence-electron chi connectivity index (χ4n) is 0. The predicted octanol–water partition coefficient (Wildman–Crippen LogP) is 1.79. The molecule has 106 valence electrons. The summed E-state index contributed by atoms with van der Waals surface area (Å²) < 4.78 is 0. The Hall–Kier alpha value is -1.93. The van der Waals surface area contributed by atoms with Crippen molar-refractivity contribution in [3.05, 3.63) is 12.7 Å². The molecule has 0 aliphatic rings. The Morgan fingerprint density at radius 1 is 0.824 bits per heavy atom. The van der Waals surface area contributed by atoms with Crippen molar-refractivity contribution in [2.75, 3.05) is 0 Å². The second-order valence-corrected chi connectivity index (χ2v) is 1.97. The van der Waals surface area contributed by atoms with Crippen LogP contribution in [-0.2, 0) is 14.4 Å². The molecule has 0 aromatic carbocycles. The first kappa shape index (κ1) is 36.3. The van der Waals surface area contributed by atoms with E-state index < -0.39 is 17.9 Å². The second-order valence-electron chi connectivity index (χ2n) is 1.97. The van der Waals surface area contributed by atoms with Crippen LogP contribution in [0.1, 0.15) is 27.7 Å². The third kappa shape index (κ3) is 550. The van der Waals surface area contributed by atoms with Gasteiger partial charge in [0, 0.05) is 20.8 Å². The van der Waals surface area contributed by atoms with Crippen molar-refractivity contribution in [1.82, 2.24) is 12.3 Å². The molecular weight excluding hydrogens is 232 g/mol. The van der Waals surface area contributed by atoms with Gasteiger partial charge in [-0.05, 0) is 6.92 Å². The quantitative estimate of drug-likeness (QED) is 0.406. The van der Waals surface area contributed by atoms with Crippen molar-refractivity contribution in [3.63, 3.8) is 0 Å². The van der Waals surface area contributed by atoms with E-state index in [4.69, 9.17) is 29.7 Å². The lowest BCUT2D eigenvalue weighted by atomic mass is 10.8. The summed E-state index contributed by atoms with van der Waals surface area (Å²) in [7, 11) is 0. The largest absolute Gasteiger partial charge is 0.481 e. The van der Waals surface area contributed by atoms with Crippen LogP contribution in [0, 0.1) is 0 Å². The average Bonchev–Trinajstić information content (AvgIpc) is 1.81. The van der Waals surface area contributed by atoms with Crippen LogP contribution in [0.4, 0.5) is 0 Å². The number of hydrogen-bond donors (Lipinski definition) is 5. The van der Waals surface area contributed by atoms with E-state index in [-0.39, 0.29) is 12.3 Å². The van der Waals surface area contributed by atoms with Crippen LogP contribution in [-0.4, -0.2) is 33.2 Å². The first-order chi connectivity index (χ1) is 6.61. The summed E-state index contributed by atoms with van der Waals surface area (Å²) in [6, 6.07) is 0. The Morgan fingerprint density at radius 3 is 0.824 bits per heavy atom. The zero-order valence-corrected chi connectivity index (χ0v) is 10.8. The number of allylic oxidation sites excluding steroid dienone is 1. The van der Waals surface area contributed by atoms with Crippen molar-refractivity contribution < 1.29 is 29.7 Å². The van der Waals surface area contributed by atoms with Crippen molar-refractivity contribution in [1.29, 1.82) is 0 Å². The number of aliphatic carboxylic acids is 3. The summed E-state index contributed by atoms with van der Waals surface area (Å²) in [4.78, 5) is 27.0. The third-order valence-corrected chi connectivity index (χ3v) is 0. The van der Waals surface area contributed by atoms with Gasteiger partial charge in [0.05, 0.1) is 0 Å². The van der Waals surface area contributed by atoms with Crippen molar-refractivity contribution >= 4 is 17.9 Å². The lowest BCUT2D eigenvalue weighted by molar-refractivity contribution is -0.135. The lowest BCUT2D eigenvalue weighted by Crippen LogP contribution is -1.78. The van der Waals surface area contributed by atoms with Crippen LogP contribution < -0.4 is 12.3 Å². The Morgan fingerprint density at radius 2 is 0.824 bits per heavy atom. The zero-order valence-electron chi connectivity index (χ0n) is 10.8. The maximum absolute atomic E-state index is 9.00. The van der Waals surface area contributed by atoms with Gasteiger partial charge in [-0.2, -0.15) is 0 Å². The van der Waals surface area contributed by atoms with Gasteiger partial charge in [-0.3, -0.25) is 14.4 Å². The minimum Gasteiger partial charge on any atom is -0.481 e. The molecule has 0 aromatic heterocycles. The number of carbonyl (C=O) groups is 3. The van der Waals surface area contributed by atoms with Crippen LogP contribution in [0.5, 0.6) is 0 Å². The average molecular weight is 256 g/mol. The van der Waals surface area contributed by atoms with Crippen LogP contribution >= 0.6 is 0 Å². The van der Waals surface area contributed by atoms with E-state index in [2.05, 4.69) is 6.58 Å². The smallest absolute Gasteiger partial charge is 0.300 e. The van der Waals surface area contributed by atoms with Gasteiger partial charge < -0.3 is 27.6 Å². The highest BCUT2D eigenvalue weighted by Gasteiger charge is 1.66. The monoisotopic (exact) mass is 256 g/mol. The molecule has 8 nitrogen and oxygen atoms in total. The molecule has 8 heteroatoms. The molecule has 17 heavy (non-hydrogen) atoms. The van der Waals surface area contributed by atoms with E-state index in [0.717, 1.165) is 20.8 Å². The van der Waals surface area contributed by atoms with E-state index in [1.165, 1.54) is 0 Å². The highest BCUT2D eigenvalue weighted by Crippen LogP contribution is 1.42. The molecule has 0 amide bonds. The van der Waals surface area contributed by atoms with Crippen LogP contribution in [0.2, 0.25) is 0 Å². The predicted molar refractivity (Wildman–Crippen MR) is 65.8 cm³/mol. The molecule has 0 fully saturated rings. The van der Waals surface area contributed by atoms with E-state index in [1.54, 1.807) is 6.08 Å². The standard InChI is InChI=1S/C3H6.3C2H4O2.2H3N/c1-3-2;3*1-2(3)4;;/h3H,1H2,2H3;3*1H3,(H,3,4);2*1H3. The van der Waals surface area contributed by atoms with Gasteiger partial charge in [-0.15, -0.1) is 6.58 Å². The van der Waals surface area contributed by atoms with Crippen LogP contribution in [0.3, 0.4) is 0 Å². The van der Waals surface area contributed by atoms with E-state index in [9.17, 15) is 0 Å². The molecule has 0 aromatic rings. The number of hydrogen-bond acceptors (Lipinski definition) is 5. The molecule has 0 unspecified atom stereocenters. The summed E-state index contributed by atoms with van der Waals surface area (Å²) in [6.45, 7) is 8.50. The molecule has 0 rings (SSSR count). The molecule has 0 radical (unpaired) electrons. The minimum atomic E-state index is -0.833. The zero-order chi connectivity index (χ0) is 13.4. The third-order valence-electron chi connectivity index (χ3n) is 0. The fourth-order valence-corrected chi connectivity index (χ4v) is 0. The van der Waals surface area contributed by atoms with Gasteiger partial charge in [0.2, 0.25) is 0 Å². The fraction of sp³-hybridized carbons (Fsp3) is 0.444. The van der Waals surface area contributed by atoms with Crippen molar-refractivity contribution in [2.45, 2.75) is 27.7 Å². The number of carboxylic acid groups (broad SMARTS) is 3. The minimum absolute atomic E-state index is 0. The van der Waals surface area contributed by atoms with Crippen LogP contribution in [0.15, 0.2) is 12.7 Å². The van der Waals surface area contributed by atoms with Crippen molar-refractivity contribution in [3.8, 4) is 0 Å². The molecule has 0 bridgehead atoms. The topological polar surface area (TPSA) is 182 Å². The SMILES string of the molecule is C=CC.CC(=O)O.CC(=O)O.CC(=O)O.N.N. The number of carboxylic acids is 3. The van der Waals surface area contributed by atoms with Gasteiger partial charge >= 0.3 is 0 Å². The summed E-state index contributed by atoms with van der Waals surface area (Å²) in [6.07, 6.45) is 1.75. The lowest BCUT2D eigenvalue weighted by Gasteiger charge is -1.59. The normalized spacial score (nSPS) is 5.18. The molecule has 9 N–H and O–H groups in total. The maximum Gasteiger partial charge on any atom is 0.300 e. The van der Waals surface area contributed by atoms with E-state index in [0.29, 0.717) is 0 Å². The molecule has 0 saturated carbocycles. The van der Waals surface area contributed by atoms with Gasteiger partial charge in [0.25, 0.3) is 17.9 Å². The van der Waals surface area contributed by atoms with E-state index in [1.807, 2.05) is 6.92 Å². The van der Waals surface area contributed by atoms with E-state index >= 15 is 0 Å². The van der Waals surface area contributed by atoms with Gasteiger partial charge in [0.1, 0.15) is 0 Å². The summed E-state index contributed by atoms with van der Waals surface area (Å²) >= 11 is 0. The van der Waals surface area contributed by atoms with Gasteiger partial charge in [-0.1, -0.05) is 6.08 Å². The molecule has 0 saturated heterocycles. The highest BCUT2D eigenvalue weighted by atomic mass is 16.4. The summed E-state index contributed by atoms with van der Waals surface area (Å²) in [5.74, 6) is -2.50. The molecule has 0 atom stereocenters. The molecule has 0 aliphatic carbocycles. The molecule has 0 spiro atoms.